The van der Waals surface area contributed by atoms with E-state index in [0.717, 1.165) is 33.0 Å². The molecule has 0 spiro atoms. The highest BCUT2D eigenvalue weighted by Crippen LogP contribution is 2.29. The standard InChI is InChI=1S/C30H22N4OS/c35-30-24-16-8-10-18-26(24)32-28(34(30)22-13-5-2-6-14-22)20-36-29-23-15-7-9-17-25(23)31-27(33-29)19-21-11-3-1-4-12-21/h1-18H,19-20H2. The first-order chi connectivity index (χ1) is 17.8. The van der Waals surface area contributed by atoms with E-state index < -0.39 is 0 Å². The van der Waals surface area contributed by atoms with E-state index in [4.69, 9.17) is 15.0 Å². The van der Waals surface area contributed by atoms with Gasteiger partial charge in [-0.05, 0) is 35.9 Å². The number of rotatable bonds is 6. The summed E-state index contributed by atoms with van der Waals surface area (Å²) in [6, 6.07) is 35.5. The van der Waals surface area contributed by atoms with Gasteiger partial charge < -0.3 is 0 Å². The van der Waals surface area contributed by atoms with E-state index in [0.29, 0.717) is 28.9 Å². The van der Waals surface area contributed by atoms with Gasteiger partial charge in [0.05, 0.1) is 27.9 Å². The van der Waals surface area contributed by atoms with Crippen LogP contribution in [0.2, 0.25) is 0 Å². The second kappa shape index (κ2) is 9.76. The quantitative estimate of drug-likeness (QED) is 0.207. The van der Waals surface area contributed by atoms with Crippen LogP contribution in [0.15, 0.2) is 119 Å². The predicted octanol–water partition coefficient (Wildman–Crippen LogP) is 6.21. The predicted molar refractivity (Wildman–Crippen MR) is 146 cm³/mol. The van der Waals surface area contributed by atoms with Crippen molar-refractivity contribution in [2.24, 2.45) is 0 Å². The zero-order chi connectivity index (χ0) is 24.3. The van der Waals surface area contributed by atoms with Gasteiger partial charge in [-0.3, -0.25) is 9.36 Å². The van der Waals surface area contributed by atoms with Gasteiger partial charge >= 0.3 is 0 Å². The van der Waals surface area contributed by atoms with Crippen LogP contribution in [0.4, 0.5) is 0 Å². The minimum Gasteiger partial charge on any atom is -0.268 e. The Balaban J connectivity index is 1.42. The highest BCUT2D eigenvalue weighted by atomic mass is 32.2. The molecule has 0 saturated heterocycles. The first-order valence-electron chi connectivity index (χ1n) is 11.7. The Kier molecular flexibility index (Phi) is 6.01. The molecular weight excluding hydrogens is 464 g/mol. The maximum atomic E-state index is 13.5. The molecule has 0 amide bonds. The zero-order valence-electron chi connectivity index (χ0n) is 19.4. The second-order valence-electron chi connectivity index (χ2n) is 8.43. The Morgan fingerprint density at radius 2 is 1.25 bits per heavy atom. The summed E-state index contributed by atoms with van der Waals surface area (Å²) in [5.74, 6) is 1.94. The molecule has 36 heavy (non-hydrogen) atoms. The van der Waals surface area contributed by atoms with Gasteiger partial charge in [-0.15, -0.1) is 0 Å². The number of hydrogen-bond donors (Lipinski definition) is 0. The Labute approximate surface area is 212 Å². The molecule has 174 valence electrons. The van der Waals surface area contributed by atoms with Gasteiger partial charge in [0.1, 0.15) is 16.7 Å². The molecule has 0 N–H and O–H groups in total. The van der Waals surface area contributed by atoms with Crippen molar-refractivity contribution < 1.29 is 0 Å². The van der Waals surface area contributed by atoms with Crippen LogP contribution >= 0.6 is 11.8 Å². The van der Waals surface area contributed by atoms with Crippen molar-refractivity contribution in [3.05, 3.63) is 137 Å². The molecule has 0 unspecified atom stereocenters. The van der Waals surface area contributed by atoms with Gasteiger partial charge in [0, 0.05) is 11.8 Å². The fourth-order valence-electron chi connectivity index (χ4n) is 4.31. The largest absolute Gasteiger partial charge is 0.268 e. The van der Waals surface area contributed by atoms with Gasteiger partial charge in [0.15, 0.2) is 0 Å². The monoisotopic (exact) mass is 486 g/mol. The van der Waals surface area contributed by atoms with Gasteiger partial charge in [-0.25, -0.2) is 15.0 Å². The smallest absolute Gasteiger partial charge is 0.265 e. The number of hydrogen-bond acceptors (Lipinski definition) is 5. The first-order valence-corrected chi connectivity index (χ1v) is 12.7. The van der Waals surface area contributed by atoms with Crippen LogP contribution in [-0.4, -0.2) is 19.5 Å². The molecule has 0 aliphatic heterocycles. The number of benzene rings is 4. The Morgan fingerprint density at radius 1 is 0.639 bits per heavy atom. The lowest BCUT2D eigenvalue weighted by molar-refractivity contribution is 0.881. The van der Waals surface area contributed by atoms with Crippen molar-refractivity contribution in [2.75, 3.05) is 0 Å². The Hall–Kier alpha value is -4.29. The highest BCUT2D eigenvalue weighted by molar-refractivity contribution is 7.98. The van der Waals surface area contributed by atoms with Gasteiger partial charge in [-0.2, -0.15) is 0 Å². The topological polar surface area (TPSA) is 60.7 Å². The molecule has 6 heteroatoms. The third kappa shape index (κ3) is 4.39. The van der Waals surface area contributed by atoms with Crippen molar-refractivity contribution in [1.82, 2.24) is 19.5 Å². The Bertz CT molecular complexity index is 1730. The molecule has 0 bridgehead atoms. The molecule has 0 aliphatic rings. The van der Waals surface area contributed by atoms with Gasteiger partial charge in [-0.1, -0.05) is 90.6 Å². The molecule has 0 aliphatic carbocycles. The molecule has 6 rings (SSSR count). The highest BCUT2D eigenvalue weighted by Gasteiger charge is 2.15. The van der Waals surface area contributed by atoms with Crippen molar-refractivity contribution in [3.63, 3.8) is 0 Å². The average Bonchev–Trinajstić information content (AvgIpc) is 2.93. The van der Waals surface area contributed by atoms with E-state index in [1.807, 2.05) is 97.1 Å². The summed E-state index contributed by atoms with van der Waals surface area (Å²) in [4.78, 5) is 28.2. The number of thioether (sulfide) groups is 1. The van der Waals surface area contributed by atoms with Crippen LogP contribution in [0, 0.1) is 0 Å². The number of fused-ring (bicyclic) bond motifs is 2. The van der Waals surface area contributed by atoms with Gasteiger partial charge in [0.25, 0.3) is 5.56 Å². The van der Waals surface area contributed by atoms with E-state index in [1.165, 1.54) is 0 Å². The molecule has 0 fully saturated rings. The van der Waals surface area contributed by atoms with Crippen LogP contribution in [0.25, 0.3) is 27.5 Å². The van der Waals surface area contributed by atoms with Crippen molar-refractivity contribution in [3.8, 4) is 5.69 Å². The fourth-order valence-corrected chi connectivity index (χ4v) is 5.27. The molecular formula is C30H22N4OS. The summed E-state index contributed by atoms with van der Waals surface area (Å²) in [5, 5.41) is 2.48. The number of aromatic nitrogens is 4. The van der Waals surface area contributed by atoms with Crippen molar-refractivity contribution in [2.45, 2.75) is 17.2 Å². The third-order valence-electron chi connectivity index (χ3n) is 6.02. The van der Waals surface area contributed by atoms with Crippen LogP contribution in [0.5, 0.6) is 0 Å². The summed E-state index contributed by atoms with van der Waals surface area (Å²) < 4.78 is 1.71. The minimum atomic E-state index is -0.0697. The molecule has 4 aromatic carbocycles. The lowest BCUT2D eigenvalue weighted by atomic mass is 10.1. The third-order valence-corrected chi connectivity index (χ3v) is 7.00. The van der Waals surface area contributed by atoms with Crippen LogP contribution in [0.3, 0.4) is 0 Å². The molecule has 0 radical (unpaired) electrons. The van der Waals surface area contributed by atoms with E-state index in [2.05, 4.69) is 12.1 Å². The summed E-state index contributed by atoms with van der Waals surface area (Å²) in [6.07, 6.45) is 0.655. The second-order valence-corrected chi connectivity index (χ2v) is 9.40. The van der Waals surface area contributed by atoms with Crippen LogP contribution in [0.1, 0.15) is 17.2 Å². The maximum Gasteiger partial charge on any atom is 0.265 e. The van der Waals surface area contributed by atoms with Crippen LogP contribution in [-0.2, 0) is 12.2 Å². The zero-order valence-corrected chi connectivity index (χ0v) is 20.2. The lowest BCUT2D eigenvalue weighted by Crippen LogP contribution is -2.23. The molecule has 2 heterocycles. The lowest BCUT2D eigenvalue weighted by Gasteiger charge is -2.14. The summed E-state index contributed by atoms with van der Waals surface area (Å²) in [6.45, 7) is 0. The van der Waals surface area contributed by atoms with Gasteiger partial charge in [0.2, 0.25) is 0 Å². The summed E-state index contributed by atoms with van der Waals surface area (Å²) in [7, 11) is 0. The maximum absolute atomic E-state index is 13.5. The summed E-state index contributed by atoms with van der Waals surface area (Å²) in [5.41, 5.74) is 3.50. The average molecular weight is 487 g/mol. The van der Waals surface area contributed by atoms with Crippen molar-refractivity contribution in [1.29, 1.82) is 0 Å². The van der Waals surface area contributed by atoms with E-state index in [1.54, 1.807) is 16.3 Å². The molecule has 2 aromatic heterocycles. The van der Waals surface area contributed by atoms with E-state index in [-0.39, 0.29) is 5.56 Å². The molecule has 0 saturated carbocycles. The van der Waals surface area contributed by atoms with E-state index >= 15 is 0 Å². The SMILES string of the molecule is O=c1c2ccccc2nc(CSc2nc(Cc3ccccc3)nc3ccccc23)n1-c1ccccc1. The number of nitrogens with zero attached hydrogens (tertiary/aromatic N) is 4. The number of para-hydroxylation sites is 3. The first kappa shape index (κ1) is 22.2. The molecule has 0 atom stereocenters. The molecule has 6 aromatic rings. The normalized spacial score (nSPS) is 11.2. The fraction of sp³-hybridized carbons (Fsp3) is 0.0667. The van der Waals surface area contributed by atoms with Crippen LogP contribution < -0.4 is 5.56 Å². The summed E-state index contributed by atoms with van der Waals surface area (Å²) >= 11 is 1.58. The Morgan fingerprint density at radius 3 is 2.00 bits per heavy atom. The van der Waals surface area contributed by atoms with Crippen molar-refractivity contribution >= 4 is 33.6 Å². The van der Waals surface area contributed by atoms with E-state index in [9.17, 15) is 4.79 Å². The minimum absolute atomic E-state index is 0.0697. The molecule has 5 nitrogen and oxygen atoms in total.